The van der Waals surface area contributed by atoms with Gasteiger partial charge in [-0.3, -0.25) is 0 Å². The first-order chi connectivity index (χ1) is 13.5. The van der Waals surface area contributed by atoms with E-state index in [1.807, 2.05) is 66.8 Å². The highest BCUT2D eigenvalue weighted by Crippen LogP contribution is 2.27. The number of aryl methyl sites for hydroxylation is 2. The van der Waals surface area contributed by atoms with E-state index in [0.29, 0.717) is 18.7 Å². The van der Waals surface area contributed by atoms with Gasteiger partial charge < -0.3 is 18.9 Å². The minimum atomic E-state index is 0.611. The van der Waals surface area contributed by atoms with Crippen molar-refractivity contribution < 1.29 is 0 Å². The maximum atomic E-state index is 4.85. The first-order valence-electron chi connectivity index (χ1n) is 9.00. The fourth-order valence-electron chi connectivity index (χ4n) is 3.06. The molecule has 0 aromatic carbocycles. The predicted molar refractivity (Wildman–Crippen MR) is 108 cm³/mol. The molecule has 4 aromatic rings. The van der Waals surface area contributed by atoms with Crippen molar-refractivity contribution in [2.45, 2.75) is 13.1 Å². The SMILES string of the molecule is CN(Cc1nccn1C)c1nc2cccnc2nc1N(C)Cc1nccn1C. The van der Waals surface area contributed by atoms with Crippen LogP contribution in [0.1, 0.15) is 11.6 Å². The third kappa shape index (κ3) is 3.38. The lowest BCUT2D eigenvalue weighted by Gasteiger charge is -2.25. The lowest BCUT2D eigenvalue weighted by molar-refractivity contribution is 0.738. The molecule has 4 heterocycles. The van der Waals surface area contributed by atoms with E-state index in [4.69, 9.17) is 9.97 Å². The van der Waals surface area contributed by atoms with Gasteiger partial charge in [-0.15, -0.1) is 0 Å². The van der Waals surface area contributed by atoms with Gasteiger partial charge in [-0.2, -0.15) is 0 Å². The van der Waals surface area contributed by atoms with Crippen molar-refractivity contribution in [1.82, 2.24) is 34.1 Å². The zero-order valence-electron chi connectivity index (χ0n) is 16.5. The maximum Gasteiger partial charge on any atom is 0.180 e. The van der Waals surface area contributed by atoms with Gasteiger partial charge in [0.2, 0.25) is 0 Å². The monoisotopic (exact) mass is 377 g/mol. The van der Waals surface area contributed by atoms with Gasteiger partial charge >= 0.3 is 0 Å². The zero-order chi connectivity index (χ0) is 19.7. The Morgan fingerprint density at radius 1 is 0.786 bits per heavy atom. The summed E-state index contributed by atoms with van der Waals surface area (Å²) in [5, 5.41) is 0. The molecule has 0 saturated heterocycles. The fourth-order valence-corrected chi connectivity index (χ4v) is 3.06. The lowest BCUT2D eigenvalue weighted by atomic mass is 10.3. The van der Waals surface area contributed by atoms with Crippen LogP contribution in [0.3, 0.4) is 0 Å². The highest BCUT2D eigenvalue weighted by Gasteiger charge is 2.19. The Hall–Kier alpha value is -3.49. The van der Waals surface area contributed by atoms with E-state index in [2.05, 4.69) is 19.9 Å². The Labute approximate surface area is 163 Å². The minimum Gasteiger partial charge on any atom is -0.349 e. The number of hydrogen-bond acceptors (Lipinski definition) is 7. The molecule has 0 fully saturated rings. The molecule has 0 radical (unpaired) electrons. The van der Waals surface area contributed by atoms with Crippen molar-refractivity contribution in [3.63, 3.8) is 0 Å². The van der Waals surface area contributed by atoms with Crippen LogP contribution in [0.25, 0.3) is 11.2 Å². The average Bonchev–Trinajstić information content (AvgIpc) is 3.28. The van der Waals surface area contributed by atoms with Gasteiger partial charge in [-0.25, -0.2) is 24.9 Å². The standard InChI is InChI=1S/C19H23N9/c1-25-10-8-20-15(25)12-27(3)18-19(24-17-14(23-18)6-5-7-22-17)28(4)13-16-21-9-11-26(16)2/h5-11H,12-13H2,1-4H3. The van der Waals surface area contributed by atoms with Crippen molar-refractivity contribution in [2.24, 2.45) is 14.1 Å². The van der Waals surface area contributed by atoms with Gasteiger partial charge in [0.25, 0.3) is 0 Å². The lowest BCUT2D eigenvalue weighted by Crippen LogP contribution is -2.27. The van der Waals surface area contributed by atoms with Gasteiger partial charge in [0, 0.05) is 59.2 Å². The number of rotatable bonds is 6. The topological polar surface area (TPSA) is 80.8 Å². The van der Waals surface area contributed by atoms with Crippen molar-refractivity contribution in [2.75, 3.05) is 23.9 Å². The normalized spacial score (nSPS) is 11.1. The Morgan fingerprint density at radius 2 is 1.36 bits per heavy atom. The second-order valence-corrected chi connectivity index (χ2v) is 6.84. The molecule has 4 aromatic heterocycles. The highest BCUT2D eigenvalue weighted by molar-refractivity contribution is 5.77. The molecule has 9 heteroatoms. The summed E-state index contributed by atoms with van der Waals surface area (Å²) in [4.78, 5) is 27.0. The summed E-state index contributed by atoms with van der Waals surface area (Å²) < 4.78 is 4.00. The molecule has 144 valence electrons. The molecular formula is C19H23N9. The number of anilines is 2. The Kier molecular flexibility index (Phi) is 4.64. The predicted octanol–water partition coefficient (Wildman–Crippen LogP) is 1.76. The van der Waals surface area contributed by atoms with Crippen LogP contribution >= 0.6 is 0 Å². The van der Waals surface area contributed by atoms with Gasteiger partial charge in [-0.05, 0) is 12.1 Å². The summed E-state index contributed by atoms with van der Waals surface area (Å²) in [6.07, 6.45) is 9.20. The van der Waals surface area contributed by atoms with Crippen molar-refractivity contribution >= 4 is 22.8 Å². The number of fused-ring (bicyclic) bond motifs is 1. The Balaban J connectivity index is 1.73. The molecule has 0 saturated carbocycles. The van der Waals surface area contributed by atoms with Crippen molar-refractivity contribution in [3.8, 4) is 0 Å². The molecule has 0 aliphatic heterocycles. The molecule has 0 aliphatic carbocycles. The quantitative estimate of drug-likeness (QED) is 0.506. The first kappa shape index (κ1) is 17.9. The summed E-state index contributed by atoms with van der Waals surface area (Å²) in [6, 6.07) is 3.80. The number of imidazole rings is 2. The minimum absolute atomic E-state index is 0.611. The van der Waals surface area contributed by atoms with Crippen LogP contribution in [0.5, 0.6) is 0 Å². The molecule has 28 heavy (non-hydrogen) atoms. The molecular weight excluding hydrogens is 354 g/mol. The molecule has 0 amide bonds. The van der Waals surface area contributed by atoms with Gasteiger partial charge in [-0.1, -0.05) is 0 Å². The second kappa shape index (κ2) is 7.26. The Morgan fingerprint density at radius 3 is 1.89 bits per heavy atom. The van der Waals surface area contributed by atoms with E-state index in [1.54, 1.807) is 18.6 Å². The van der Waals surface area contributed by atoms with E-state index in [0.717, 1.165) is 28.8 Å². The first-order valence-corrected chi connectivity index (χ1v) is 9.00. The van der Waals surface area contributed by atoms with E-state index < -0.39 is 0 Å². The smallest absolute Gasteiger partial charge is 0.180 e. The summed E-state index contributed by atoms with van der Waals surface area (Å²) in [5.74, 6) is 3.43. The van der Waals surface area contributed by atoms with Crippen LogP contribution in [0.2, 0.25) is 0 Å². The molecule has 0 N–H and O–H groups in total. The molecule has 0 aliphatic rings. The van der Waals surface area contributed by atoms with Crippen LogP contribution in [0.15, 0.2) is 43.1 Å². The van der Waals surface area contributed by atoms with Gasteiger partial charge in [0.05, 0.1) is 13.1 Å². The van der Waals surface area contributed by atoms with E-state index in [1.165, 1.54) is 0 Å². The number of hydrogen-bond donors (Lipinski definition) is 0. The highest BCUT2D eigenvalue weighted by atomic mass is 15.3. The number of pyridine rings is 1. The summed E-state index contributed by atoms with van der Waals surface area (Å²) in [6.45, 7) is 1.23. The number of aromatic nitrogens is 7. The fraction of sp³-hybridized carbons (Fsp3) is 0.316. The summed E-state index contributed by atoms with van der Waals surface area (Å²) in [7, 11) is 7.96. The maximum absolute atomic E-state index is 4.85. The number of nitrogens with zero attached hydrogens (tertiary/aromatic N) is 9. The van der Waals surface area contributed by atoms with Gasteiger partial charge in [0.15, 0.2) is 17.3 Å². The average molecular weight is 377 g/mol. The molecule has 4 rings (SSSR count). The third-order valence-corrected chi connectivity index (χ3v) is 4.73. The van der Waals surface area contributed by atoms with Crippen LogP contribution in [0.4, 0.5) is 11.6 Å². The molecule has 0 atom stereocenters. The van der Waals surface area contributed by atoms with Crippen molar-refractivity contribution in [1.29, 1.82) is 0 Å². The van der Waals surface area contributed by atoms with Crippen LogP contribution in [-0.2, 0) is 27.2 Å². The largest absolute Gasteiger partial charge is 0.349 e. The van der Waals surface area contributed by atoms with Gasteiger partial charge in [0.1, 0.15) is 17.2 Å². The van der Waals surface area contributed by atoms with E-state index in [-0.39, 0.29) is 0 Å². The van der Waals surface area contributed by atoms with Crippen LogP contribution in [0, 0.1) is 0 Å². The van der Waals surface area contributed by atoms with Crippen LogP contribution < -0.4 is 9.80 Å². The zero-order valence-corrected chi connectivity index (χ0v) is 16.5. The molecule has 0 spiro atoms. The van der Waals surface area contributed by atoms with Crippen molar-refractivity contribution in [3.05, 3.63) is 54.8 Å². The summed E-state index contributed by atoms with van der Waals surface area (Å²) in [5.41, 5.74) is 1.39. The van der Waals surface area contributed by atoms with E-state index >= 15 is 0 Å². The van der Waals surface area contributed by atoms with Crippen LogP contribution in [-0.4, -0.2) is 48.1 Å². The third-order valence-electron chi connectivity index (χ3n) is 4.73. The molecule has 9 nitrogen and oxygen atoms in total. The second-order valence-electron chi connectivity index (χ2n) is 6.84. The molecule has 0 unspecified atom stereocenters. The summed E-state index contributed by atoms with van der Waals surface area (Å²) >= 11 is 0. The molecule has 0 bridgehead atoms. The Bertz CT molecular complexity index is 1010. The van der Waals surface area contributed by atoms with E-state index in [9.17, 15) is 0 Å².